The van der Waals surface area contributed by atoms with Crippen molar-refractivity contribution in [3.8, 4) is 22.3 Å². The first-order chi connectivity index (χ1) is 36.9. The van der Waals surface area contributed by atoms with Crippen molar-refractivity contribution in [2.75, 3.05) is 14.7 Å². The summed E-state index contributed by atoms with van der Waals surface area (Å²) in [6.07, 6.45) is 20.8. The molecular formula is C73H76BN3. The lowest BCUT2D eigenvalue weighted by atomic mass is 9.23. The zero-order valence-corrected chi connectivity index (χ0v) is 47.5. The maximum atomic E-state index is 2.84. The van der Waals surface area contributed by atoms with Crippen LogP contribution in [-0.4, -0.2) is 18.3 Å². The van der Waals surface area contributed by atoms with E-state index in [1.165, 1.54) is 119 Å². The highest BCUT2D eigenvalue weighted by Gasteiger charge is 2.60. The highest BCUT2D eigenvalue weighted by Crippen LogP contribution is 2.63. The van der Waals surface area contributed by atoms with E-state index in [9.17, 15) is 0 Å². The zero-order chi connectivity index (χ0) is 53.4. The van der Waals surface area contributed by atoms with Crippen LogP contribution in [0.15, 0.2) is 199 Å². The molecule has 3 aliphatic heterocycles. The van der Waals surface area contributed by atoms with E-state index in [0.29, 0.717) is 5.92 Å². The van der Waals surface area contributed by atoms with Gasteiger partial charge in [-0.1, -0.05) is 209 Å². The Morgan fingerprint density at radius 2 is 1.29 bits per heavy atom. The van der Waals surface area contributed by atoms with Crippen LogP contribution in [0, 0.1) is 12.8 Å². The lowest BCUT2D eigenvalue weighted by Crippen LogP contribution is -2.66. The summed E-state index contributed by atoms with van der Waals surface area (Å²) in [4.78, 5) is 8.31. The van der Waals surface area contributed by atoms with E-state index in [0.717, 1.165) is 19.3 Å². The molecule has 0 bridgehead atoms. The van der Waals surface area contributed by atoms with Gasteiger partial charge < -0.3 is 14.7 Å². The number of rotatable bonds is 6. The van der Waals surface area contributed by atoms with Gasteiger partial charge in [-0.25, -0.2) is 0 Å². The highest BCUT2D eigenvalue weighted by molar-refractivity contribution is 6.92. The number of hydrogen-bond acceptors (Lipinski definition) is 3. The Balaban J connectivity index is 1.14. The van der Waals surface area contributed by atoms with Crippen LogP contribution >= 0.6 is 0 Å². The topological polar surface area (TPSA) is 9.72 Å². The first-order valence-electron chi connectivity index (χ1n) is 28.8. The Labute approximate surface area is 460 Å². The molecule has 6 aliphatic rings. The molecule has 5 unspecified atom stereocenters. The van der Waals surface area contributed by atoms with Gasteiger partial charge in [0.15, 0.2) is 0 Å². The zero-order valence-electron chi connectivity index (χ0n) is 47.5. The van der Waals surface area contributed by atoms with E-state index >= 15 is 0 Å². The van der Waals surface area contributed by atoms with Crippen LogP contribution in [0.1, 0.15) is 124 Å². The molecule has 3 nitrogen and oxygen atoms in total. The molecule has 1 fully saturated rings. The Kier molecular flexibility index (Phi) is 11.4. The highest BCUT2D eigenvalue weighted by atomic mass is 15.3. The third-order valence-corrected chi connectivity index (χ3v) is 19.5. The second kappa shape index (κ2) is 17.8. The van der Waals surface area contributed by atoms with Gasteiger partial charge in [0.2, 0.25) is 6.71 Å². The van der Waals surface area contributed by atoms with E-state index < -0.39 is 0 Å². The van der Waals surface area contributed by atoms with Crippen molar-refractivity contribution in [2.24, 2.45) is 5.92 Å². The minimum absolute atomic E-state index is 0.0215. The smallest absolute Gasteiger partial charge is 0.229 e. The minimum Gasteiger partial charge on any atom is -0.335 e. The first-order valence-corrected chi connectivity index (χ1v) is 28.8. The van der Waals surface area contributed by atoms with E-state index in [1.807, 2.05) is 0 Å². The lowest BCUT2D eigenvalue weighted by Gasteiger charge is -2.56. The molecule has 3 aliphatic carbocycles. The van der Waals surface area contributed by atoms with Crippen LogP contribution < -0.4 is 25.6 Å². The Bertz CT molecular complexity index is 3650. The monoisotopic (exact) mass is 1010 g/mol. The summed E-state index contributed by atoms with van der Waals surface area (Å²) in [6.45, 7) is 26.6. The molecule has 5 atom stereocenters. The predicted octanol–water partition coefficient (Wildman–Crippen LogP) is 18.4. The standard InChI is InChI=1S/C73H76BN3/c1-48-29-31-51(32-30-48)53-37-40-72(10)67(43-53)76(57-26-19-24-52(41-57)50-22-13-12-14-23-50)66-47-59(77-63-36-33-54(60-28-16-15-21-49(60)2)42-61(63)71(9)38-17-18-39-73(71,77)11)46-65-68(66)74(72)62-35-34-56(70(6,7)8)45-64(62)75(65)58-27-20-25-55(44-58)69(3,4)5/h12-16,19-29,31-37,40-48,67H,17-18,30,38-39H2,1-11H3. The van der Waals surface area contributed by atoms with E-state index in [-0.39, 0.29) is 39.9 Å². The molecule has 1 saturated carbocycles. The molecule has 0 amide bonds. The number of fused-ring (bicyclic) bond motifs is 7. The third kappa shape index (κ3) is 7.73. The van der Waals surface area contributed by atoms with Crippen molar-refractivity contribution in [2.45, 2.75) is 141 Å². The molecule has 3 heterocycles. The average molecular weight is 1010 g/mol. The van der Waals surface area contributed by atoms with Gasteiger partial charge in [-0.15, -0.1) is 0 Å². The molecule has 0 aromatic heterocycles. The molecule has 0 spiro atoms. The maximum Gasteiger partial charge on any atom is 0.229 e. The van der Waals surface area contributed by atoms with Crippen molar-refractivity contribution in [1.82, 2.24) is 0 Å². The Morgan fingerprint density at radius 3 is 2.05 bits per heavy atom. The molecule has 386 valence electrons. The summed E-state index contributed by atoms with van der Waals surface area (Å²) in [5.41, 5.74) is 24.5. The second-order valence-corrected chi connectivity index (χ2v) is 26.5. The average Bonchev–Trinajstić information content (AvgIpc) is 3.92. The van der Waals surface area contributed by atoms with Gasteiger partial charge >= 0.3 is 0 Å². The van der Waals surface area contributed by atoms with Crippen LogP contribution in [0.4, 0.5) is 39.8 Å². The fourth-order valence-corrected chi connectivity index (χ4v) is 14.8. The van der Waals surface area contributed by atoms with Gasteiger partial charge in [0.25, 0.3) is 0 Å². The molecule has 0 saturated heterocycles. The fourth-order valence-electron chi connectivity index (χ4n) is 14.8. The summed E-state index contributed by atoms with van der Waals surface area (Å²) in [7, 11) is 0. The third-order valence-electron chi connectivity index (χ3n) is 19.5. The molecule has 7 aromatic rings. The van der Waals surface area contributed by atoms with Gasteiger partial charge in [0.05, 0.1) is 11.6 Å². The van der Waals surface area contributed by atoms with E-state index in [4.69, 9.17) is 0 Å². The number of hydrogen-bond donors (Lipinski definition) is 0. The molecule has 4 heteroatoms. The van der Waals surface area contributed by atoms with Crippen molar-refractivity contribution in [3.05, 3.63) is 222 Å². The summed E-state index contributed by atoms with van der Waals surface area (Å²) in [5.74, 6) is 0.536. The van der Waals surface area contributed by atoms with Crippen LogP contribution in [0.3, 0.4) is 0 Å². The Morgan fingerprint density at radius 1 is 0.571 bits per heavy atom. The van der Waals surface area contributed by atoms with E-state index in [2.05, 4.69) is 279 Å². The molecule has 13 rings (SSSR count). The maximum absolute atomic E-state index is 2.84. The lowest BCUT2D eigenvalue weighted by molar-refractivity contribution is 0.195. The Hall–Kier alpha value is -7.04. The summed E-state index contributed by atoms with van der Waals surface area (Å²) >= 11 is 0. The molecular weight excluding hydrogens is 930 g/mol. The van der Waals surface area contributed by atoms with Crippen molar-refractivity contribution < 1.29 is 0 Å². The van der Waals surface area contributed by atoms with Gasteiger partial charge in [-0.05, 0) is 176 Å². The van der Waals surface area contributed by atoms with Gasteiger partial charge in [0.1, 0.15) is 0 Å². The SMILES string of the molecule is Cc1ccccc1-c1ccc2c(c1)C1(C)CCCCC1(C)N2c1cc2c3c(c1)N(c1cccc(-c4ccccc4)c1)C1C=C(C4=CCC(C)C=C4)C=CC1(C)B3c1ccc(C(C)(C)C)cc1N2c1cccc(C(C)(C)C)c1. The predicted molar refractivity (Wildman–Crippen MR) is 331 cm³/mol. The second-order valence-electron chi connectivity index (χ2n) is 26.5. The van der Waals surface area contributed by atoms with Crippen molar-refractivity contribution >= 4 is 57.5 Å². The molecule has 7 aromatic carbocycles. The van der Waals surface area contributed by atoms with Gasteiger partial charge in [-0.2, -0.15) is 0 Å². The summed E-state index contributed by atoms with van der Waals surface area (Å²) in [6, 6.07) is 59.1. The van der Waals surface area contributed by atoms with E-state index in [1.54, 1.807) is 0 Å². The first kappa shape index (κ1) is 49.5. The quantitative estimate of drug-likeness (QED) is 0.154. The van der Waals surface area contributed by atoms with Crippen LogP contribution in [0.25, 0.3) is 22.3 Å². The number of nitrogens with zero attached hydrogens (tertiary/aromatic N) is 3. The summed E-state index contributed by atoms with van der Waals surface area (Å²) < 4.78 is 0. The number of allylic oxidation sites excluding steroid dienone is 6. The normalized spacial score (nSPS) is 24.1. The van der Waals surface area contributed by atoms with Crippen LogP contribution in [0.5, 0.6) is 0 Å². The fraction of sp³-hybridized carbons (Fsp3) is 0.315. The van der Waals surface area contributed by atoms with Crippen molar-refractivity contribution in [3.63, 3.8) is 0 Å². The van der Waals surface area contributed by atoms with Crippen LogP contribution in [-0.2, 0) is 16.2 Å². The van der Waals surface area contributed by atoms with Crippen LogP contribution in [0.2, 0.25) is 5.31 Å². The molecule has 0 radical (unpaired) electrons. The minimum atomic E-state index is -0.348. The van der Waals surface area contributed by atoms with Gasteiger partial charge in [-0.3, -0.25) is 0 Å². The number of benzene rings is 7. The largest absolute Gasteiger partial charge is 0.335 e. The number of aryl methyl sites for hydroxylation is 1. The molecule has 0 N–H and O–H groups in total. The van der Waals surface area contributed by atoms with Crippen molar-refractivity contribution in [1.29, 1.82) is 0 Å². The summed E-state index contributed by atoms with van der Waals surface area (Å²) in [5, 5.41) is -0.348. The van der Waals surface area contributed by atoms with Gasteiger partial charge in [0, 0.05) is 45.2 Å². The molecule has 77 heavy (non-hydrogen) atoms. The number of anilines is 7.